The quantitative estimate of drug-likeness (QED) is 0.783. The van der Waals surface area contributed by atoms with Gasteiger partial charge in [0.25, 0.3) is 0 Å². The summed E-state index contributed by atoms with van der Waals surface area (Å²) < 4.78 is 11.6. The topological polar surface area (TPSA) is 60.2 Å². The third-order valence-corrected chi connectivity index (χ3v) is 4.22. The van der Waals surface area contributed by atoms with E-state index in [0.717, 1.165) is 33.6 Å². The number of methoxy groups -OCH3 is 1. The van der Waals surface area contributed by atoms with Gasteiger partial charge in [0.1, 0.15) is 17.2 Å². The van der Waals surface area contributed by atoms with Crippen molar-refractivity contribution in [1.29, 1.82) is 0 Å². The van der Waals surface area contributed by atoms with Gasteiger partial charge in [-0.3, -0.25) is 0 Å². The number of para-hydroxylation sites is 1. The second-order valence-electron chi connectivity index (χ2n) is 6.00. The van der Waals surface area contributed by atoms with Gasteiger partial charge in [-0.1, -0.05) is 24.3 Å². The van der Waals surface area contributed by atoms with Crippen molar-refractivity contribution in [3.63, 3.8) is 0 Å². The number of aromatic nitrogens is 2. The molecule has 0 aliphatic carbocycles. The molecule has 0 radical (unpaired) electrons. The lowest BCUT2D eigenvalue weighted by Gasteiger charge is -2.12. The summed E-state index contributed by atoms with van der Waals surface area (Å²) in [5.74, 6) is 2.09. The molecule has 122 valence electrons. The van der Waals surface area contributed by atoms with E-state index in [1.807, 2.05) is 31.2 Å². The molecule has 1 N–H and O–H groups in total. The van der Waals surface area contributed by atoms with Crippen molar-refractivity contribution in [1.82, 2.24) is 15.3 Å². The molecule has 1 atom stereocenters. The fourth-order valence-electron chi connectivity index (χ4n) is 3.12. The highest BCUT2D eigenvalue weighted by Gasteiger charge is 2.24. The average Bonchev–Trinajstić information content (AvgIpc) is 2.94. The van der Waals surface area contributed by atoms with Crippen LogP contribution in [0.2, 0.25) is 0 Å². The monoisotopic (exact) mass is 321 g/mol. The minimum absolute atomic E-state index is 0.187. The number of hydrogen-bond acceptors (Lipinski definition) is 5. The first kappa shape index (κ1) is 14.9. The molecule has 5 nitrogen and oxygen atoms in total. The van der Waals surface area contributed by atoms with E-state index in [1.165, 1.54) is 0 Å². The Hall–Kier alpha value is -2.66. The van der Waals surface area contributed by atoms with Crippen molar-refractivity contribution in [2.45, 2.75) is 26.4 Å². The van der Waals surface area contributed by atoms with Crippen molar-refractivity contribution in [2.24, 2.45) is 0 Å². The summed E-state index contributed by atoms with van der Waals surface area (Å²) in [5, 5.41) is 4.52. The highest BCUT2D eigenvalue weighted by atomic mass is 16.5. The standard InChI is InChI=1S/C19H19N3O2/c1-11-8-14(17-9-13-6-4-5-7-16(13)24-17)18-15(10-20-11)21-12(2)22-19(18)23-3/h4-9,11,20H,10H2,1-3H3/t11-/m1/s1. The molecule has 24 heavy (non-hydrogen) atoms. The zero-order valence-electron chi connectivity index (χ0n) is 14.0. The lowest BCUT2D eigenvalue weighted by molar-refractivity contribution is 0.392. The van der Waals surface area contributed by atoms with E-state index < -0.39 is 0 Å². The number of aryl methyl sites for hydroxylation is 1. The normalized spacial score (nSPS) is 17.3. The smallest absolute Gasteiger partial charge is 0.224 e. The Morgan fingerprint density at radius 2 is 2.08 bits per heavy atom. The lowest BCUT2D eigenvalue weighted by Crippen LogP contribution is -2.22. The zero-order valence-corrected chi connectivity index (χ0v) is 14.0. The number of hydrogen-bond donors (Lipinski definition) is 1. The predicted octanol–water partition coefficient (Wildman–Crippen LogP) is 3.46. The van der Waals surface area contributed by atoms with Crippen molar-refractivity contribution >= 4 is 16.5 Å². The largest absolute Gasteiger partial charge is 0.480 e. The van der Waals surface area contributed by atoms with Crippen LogP contribution in [0.5, 0.6) is 5.88 Å². The van der Waals surface area contributed by atoms with Gasteiger partial charge in [-0.15, -0.1) is 0 Å². The predicted molar refractivity (Wildman–Crippen MR) is 92.9 cm³/mol. The van der Waals surface area contributed by atoms with E-state index in [0.29, 0.717) is 18.2 Å². The van der Waals surface area contributed by atoms with Gasteiger partial charge in [0.05, 0.1) is 18.4 Å². The minimum Gasteiger partial charge on any atom is -0.480 e. The zero-order chi connectivity index (χ0) is 16.7. The Kier molecular flexibility index (Phi) is 3.58. The van der Waals surface area contributed by atoms with Crippen molar-refractivity contribution < 1.29 is 9.15 Å². The molecule has 0 fully saturated rings. The molecule has 1 aromatic carbocycles. The first-order valence-electron chi connectivity index (χ1n) is 8.01. The van der Waals surface area contributed by atoms with Gasteiger partial charge in [-0.05, 0) is 26.0 Å². The van der Waals surface area contributed by atoms with Gasteiger partial charge in [0, 0.05) is 23.5 Å². The molecule has 3 aromatic rings. The Bertz CT molecular complexity index is 910. The van der Waals surface area contributed by atoms with Crippen LogP contribution in [-0.2, 0) is 6.54 Å². The molecule has 0 saturated carbocycles. The fraction of sp³-hybridized carbons (Fsp3) is 0.263. The number of fused-ring (bicyclic) bond motifs is 2. The van der Waals surface area contributed by atoms with Crippen LogP contribution >= 0.6 is 0 Å². The van der Waals surface area contributed by atoms with Crippen LogP contribution in [0.15, 0.2) is 40.8 Å². The summed E-state index contributed by atoms with van der Waals surface area (Å²) >= 11 is 0. The second-order valence-corrected chi connectivity index (χ2v) is 6.00. The molecule has 0 saturated heterocycles. The molecule has 0 spiro atoms. The van der Waals surface area contributed by atoms with Crippen LogP contribution in [0.1, 0.15) is 29.8 Å². The molecule has 2 aromatic heterocycles. The number of furan rings is 1. The summed E-state index contributed by atoms with van der Waals surface area (Å²) in [5.41, 5.74) is 3.66. The van der Waals surface area contributed by atoms with Gasteiger partial charge >= 0.3 is 0 Å². The summed E-state index contributed by atoms with van der Waals surface area (Å²) in [6, 6.07) is 10.2. The first-order chi connectivity index (χ1) is 11.7. The maximum atomic E-state index is 6.09. The number of benzene rings is 1. The van der Waals surface area contributed by atoms with Gasteiger partial charge in [-0.25, -0.2) is 4.98 Å². The number of rotatable bonds is 2. The van der Waals surface area contributed by atoms with E-state index >= 15 is 0 Å². The van der Waals surface area contributed by atoms with Gasteiger partial charge in [0.15, 0.2) is 0 Å². The summed E-state index contributed by atoms with van der Waals surface area (Å²) in [7, 11) is 1.64. The number of nitrogens with one attached hydrogen (secondary N) is 1. The van der Waals surface area contributed by atoms with Gasteiger partial charge in [-0.2, -0.15) is 4.98 Å². The Morgan fingerprint density at radius 1 is 1.25 bits per heavy atom. The maximum absolute atomic E-state index is 6.09. The van der Waals surface area contributed by atoms with E-state index in [4.69, 9.17) is 9.15 Å². The Labute approximate surface area is 140 Å². The molecule has 3 heterocycles. The molecule has 0 amide bonds. The Morgan fingerprint density at radius 3 is 2.88 bits per heavy atom. The summed E-state index contributed by atoms with van der Waals surface area (Å²) in [6.07, 6.45) is 2.14. The summed E-state index contributed by atoms with van der Waals surface area (Å²) in [4.78, 5) is 9.07. The fourth-order valence-corrected chi connectivity index (χ4v) is 3.12. The second kappa shape index (κ2) is 5.76. The van der Waals surface area contributed by atoms with Crippen LogP contribution in [0.25, 0.3) is 16.5 Å². The van der Waals surface area contributed by atoms with Crippen LogP contribution in [0.3, 0.4) is 0 Å². The van der Waals surface area contributed by atoms with Crippen molar-refractivity contribution in [2.75, 3.05) is 7.11 Å². The van der Waals surface area contributed by atoms with E-state index in [1.54, 1.807) is 7.11 Å². The third kappa shape index (κ3) is 2.47. The highest BCUT2D eigenvalue weighted by molar-refractivity contribution is 5.88. The maximum Gasteiger partial charge on any atom is 0.224 e. The van der Waals surface area contributed by atoms with Crippen LogP contribution in [-0.4, -0.2) is 23.1 Å². The number of nitrogens with zero attached hydrogens (tertiary/aromatic N) is 2. The molecule has 1 aliphatic heterocycles. The number of ether oxygens (including phenoxy) is 1. The van der Waals surface area contributed by atoms with Crippen LogP contribution in [0, 0.1) is 6.92 Å². The molecule has 0 unspecified atom stereocenters. The van der Waals surface area contributed by atoms with E-state index in [-0.39, 0.29) is 6.04 Å². The van der Waals surface area contributed by atoms with Crippen LogP contribution in [0.4, 0.5) is 0 Å². The Balaban J connectivity index is 1.97. The van der Waals surface area contributed by atoms with E-state index in [2.05, 4.69) is 34.4 Å². The summed E-state index contributed by atoms with van der Waals surface area (Å²) in [6.45, 7) is 4.65. The molecule has 4 rings (SSSR count). The van der Waals surface area contributed by atoms with Gasteiger partial charge in [0.2, 0.25) is 5.88 Å². The van der Waals surface area contributed by atoms with Gasteiger partial charge < -0.3 is 14.5 Å². The molecule has 5 heteroatoms. The highest BCUT2D eigenvalue weighted by Crippen LogP contribution is 2.36. The molecular formula is C19H19N3O2. The average molecular weight is 321 g/mol. The minimum atomic E-state index is 0.187. The molecular weight excluding hydrogens is 302 g/mol. The lowest BCUT2D eigenvalue weighted by atomic mass is 10.0. The SMILES string of the molecule is COc1nc(C)nc2c1C(c1cc3ccccc3o1)=C[C@@H](C)NC2. The molecule has 0 bridgehead atoms. The van der Waals surface area contributed by atoms with Crippen molar-refractivity contribution in [3.8, 4) is 5.88 Å². The molecule has 1 aliphatic rings. The van der Waals surface area contributed by atoms with E-state index in [9.17, 15) is 0 Å². The first-order valence-corrected chi connectivity index (χ1v) is 8.01. The van der Waals surface area contributed by atoms with Crippen molar-refractivity contribution in [3.05, 3.63) is 59.2 Å². The van der Waals surface area contributed by atoms with Crippen LogP contribution < -0.4 is 10.1 Å². The third-order valence-electron chi connectivity index (χ3n) is 4.22.